The maximum absolute atomic E-state index is 14.5. The second kappa shape index (κ2) is 8.69. The van der Waals surface area contributed by atoms with Crippen LogP contribution in [-0.4, -0.2) is 37.0 Å². The van der Waals surface area contributed by atoms with Crippen LogP contribution < -0.4 is 15.1 Å². The van der Waals surface area contributed by atoms with Gasteiger partial charge in [0, 0.05) is 38.2 Å². The molecule has 0 saturated carbocycles. The summed E-state index contributed by atoms with van der Waals surface area (Å²) in [4.78, 5) is 27.8. The number of nitro benzene ring substituents is 1. The molecule has 2 aliphatic heterocycles. The monoisotopic (exact) mass is 412 g/mol. The van der Waals surface area contributed by atoms with Gasteiger partial charge in [0.2, 0.25) is 5.91 Å². The van der Waals surface area contributed by atoms with Gasteiger partial charge in [0.15, 0.2) is 0 Å². The average Bonchev–Trinajstić information content (AvgIpc) is 3.30. The third-order valence-corrected chi connectivity index (χ3v) is 5.97. The summed E-state index contributed by atoms with van der Waals surface area (Å²) in [6, 6.07) is 11.5. The van der Waals surface area contributed by atoms with Gasteiger partial charge in [-0.05, 0) is 43.9 Å². The van der Waals surface area contributed by atoms with Crippen molar-refractivity contribution in [3.05, 3.63) is 58.4 Å². The molecular formula is C22H25FN4O3. The lowest BCUT2D eigenvalue weighted by Gasteiger charge is -2.33. The van der Waals surface area contributed by atoms with Crippen molar-refractivity contribution < 1.29 is 14.1 Å². The lowest BCUT2D eigenvalue weighted by atomic mass is 9.95. The Morgan fingerprint density at radius 3 is 2.30 bits per heavy atom. The Hall–Kier alpha value is -3.16. The number of rotatable bonds is 5. The normalized spacial score (nSPS) is 17.2. The van der Waals surface area contributed by atoms with E-state index in [4.69, 9.17) is 0 Å². The number of nitro groups is 1. The van der Waals surface area contributed by atoms with Crippen molar-refractivity contribution in [3.8, 4) is 0 Å². The highest BCUT2D eigenvalue weighted by Crippen LogP contribution is 2.34. The predicted molar refractivity (Wildman–Crippen MR) is 115 cm³/mol. The Bertz CT molecular complexity index is 938. The molecule has 0 unspecified atom stereocenters. The number of para-hydroxylation sites is 3. The number of amides is 1. The fourth-order valence-electron chi connectivity index (χ4n) is 4.35. The van der Waals surface area contributed by atoms with Gasteiger partial charge in [0.25, 0.3) is 5.69 Å². The molecule has 2 saturated heterocycles. The van der Waals surface area contributed by atoms with Gasteiger partial charge in [-0.1, -0.05) is 18.2 Å². The summed E-state index contributed by atoms with van der Waals surface area (Å²) in [5, 5.41) is 14.1. The van der Waals surface area contributed by atoms with Crippen molar-refractivity contribution in [3.63, 3.8) is 0 Å². The van der Waals surface area contributed by atoms with E-state index in [1.807, 2.05) is 11.0 Å². The third-order valence-electron chi connectivity index (χ3n) is 5.97. The summed E-state index contributed by atoms with van der Waals surface area (Å²) >= 11 is 0. The zero-order valence-electron chi connectivity index (χ0n) is 16.7. The number of hydrogen-bond acceptors (Lipinski definition) is 5. The topological polar surface area (TPSA) is 78.7 Å². The largest absolute Gasteiger partial charge is 0.370 e. The molecule has 158 valence electrons. The van der Waals surface area contributed by atoms with Gasteiger partial charge in [-0.3, -0.25) is 14.9 Å². The minimum Gasteiger partial charge on any atom is -0.370 e. The van der Waals surface area contributed by atoms with E-state index in [9.17, 15) is 19.3 Å². The van der Waals surface area contributed by atoms with E-state index in [0.717, 1.165) is 31.6 Å². The highest BCUT2D eigenvalue weighted by molar-refractivity contribution is 5.96. The van der Waals surface area contributed by atoms with Crippen LogP contribution >= 0.6 is 0 Å². The molecule has 8 heteroatoms. The molecular weight excluding hydrogens is 387 g/mol. The first-order valence-electron chi connectivity index (χ1n) is 10.4. The van der Waals surface area contributed by atoms with Crippen LogP contribution in [0.2, 0.25) is 0 Å². The van der Waals surface area contributed by atoms with Crippen LogP contribution in [-0.2, 0) is 4.79 Å². The maximum atomic E-state index is 14.5. The highest BCUT2D eigenvalue weighted by atomic mass is 19.1. The van der Waals surface area contributed by atoms with Crippen LogP contribution in [0.15, 0.2) is 42.5 Å². The van der Waals surface area contributed by atoms with E-state index in [1.165, 1.54) is 12.1 Å². The van der Waals surface area contributed by atoms with Gasteiger partial charge in [-0.2, -0.15) is 0 Å². The van der Waals surface area contributed by atoms with Crippen LogP contribution in [0.25, 0.3) is 0 Å². The van der Waals surface area contributed by atoms with E-state index < -0.39 is 5.82 Å². The van der Waals surface area contributed by atoms with Crippen LogP contribution in [0.5, 0.6) is 0 Å². The van der Waals surface area contributed by atoms with Crippen molar-refractivity contribution in [2.45, 2.75) is 25.7 Å². The minimum absolute atomic E-state index is 0.0713. The van der Waals surface area contributed by atoms with E-state index in [2.05, 4.69) is 10.2 Å². The SMILES string of the molecule is O=C(Nc1c(F)cccc1N1CCCC1)C1CCN(c2ccccc2[N+](=O)[O-])CC1. The second-order valence-corrected chi connectivity index (χ2v) is 7.82. The summed E-state index contributed by atoms with van der Waals surface area (Å²) in [6.07, 6.45) is 3.25. The second-order valence-electron chi connectivity index (χ2n) is 7.82. The average molecular weight is 412 g/mol. The zero-order chi connectivity index (χ0) is 21.1. The lowest BCUT2D eigenvalue weighted by molar-refractivity contribution is -0.384. The molecule has 2 aromatic carbocycles. The molecule has 0 bridgehead atoms. The van der Waals surface area contributed by atoms with Crippen LogP contribution in [0.4, 0.5) is 27.1 Å². The van der Waals surface area contributed by atoms with Gasteiger partial charge < -0.3 is 15.1 Å². The Labute approximate surface area is 174 Å². The van der Waals surface area contributed by atoms with Crippen LogP contribution in [0, 0.1) is 21.8 Å². The number of nitrogens with zero attached hydrogens (tertiary/aromatic N) is 3. The Balaban J connectivity index is 1.43. The molecule has 0 aliphatic carbocycles. The summed E-state index contributed by atoms with van der Waals surface area (Å²) in [5.74, 6) is -0.872. The first kappa shape index (κ1) is 20.1. The molecule has 2 fully saturated rings. The van der Waals surface area contributed by atoms with Gasteiger partial charge >= 0.3 is 0 Å². The first-order chi connectivity index (χ1) is 14.5. The number of piperidine rings is 1. The number of carbonyl (C=O) groups excluding carboxylic acids is 1. The molecule has 0 aromatic heterocycles. The number of anilines is 3. The maximum Gasteiger partial charge on any atom is 0.292 e. The van der Waals surface area contributed by atoms with E-state index in [0.29, 0.717) is 31.6 Å². The van der Waals surface area contributed by atoms with Crippen LogP contribution in [0.1, 0.15) is 25.7 Å². The molecule has 4 rings (SSSR count). The molecule has 1 amide bonds. The molecule has 1 N–H and O–H groups in total. The molecule has 30 heavy (non-hydrogen) atoms. The van der Waals surface area contributed by atoms with Gasteiger partial charge in [-0.25, -0.2) is 4.39 Å². The summed E-state index contributed by atoms with van der Waals surface area (Å²) in [6.45, 7) is 2.81. The fraction of sp³-hybridized carbons (Fsp3) is 0.409. The zero-order valence-corrected chi connectivity index (χ0v) is 16.7. The number of halogens is 1. The molecule has 7 nitrogen and oxygen atoms in total. The Morgan fingerprint density at radius 1 is 0.967 bits per heavy atom. The van der Waals surface area contributed by atoms with Gasteiger partial charge in [-0.15, -0.1) is 0 Å². The van der Waals surface area contributed by atoms with E-state index >= 15 is 0 Å². The summed E-state index contributed by atoms with van der Waals surface area (Å²) in [5.41, 5.74) is 1.64. The first-order valence-corrected chi connectivity index (χ1v) is 10.4. The summed E-state index contributed by atoms with van der Waals surface area (Å²) < 4.78 is 14.5. The molecule has 2 aromatic rings. The standard InChI is InChI=1S/C22H25FN4O3/c23-17-6-5-9-20(25-12-3-4-13-25)21(17)24-22(28)16-10-14-26(15-11-16)18-7-1-2-8-19(18)27(29)30/h1-2,5-9,16H,3-4,10-15H2,(H,24,28). The molecule has 0 spiro atoms. The number of carbonyl (C=O) groups is 1. The molecule has 0 radical (unpaired) electrons. The number of benzene rings is 2. The van der Waals surface area contributed by atoms with Gasteiger partial charge in [0.1, 0.15) is 17.2 Å². The van der Waals surface area contributed by atoms with Gasteiger partial charge in [0.05, 0.1) is 10.6 Å². The quantitative estimate of drug-likeness (QED) is 0.589. The van der Waals surface area contributed by atoms with Crippen molar-refractivity contribution in [1.82, 2.24) is 0 Å². The van der Waals surface area contributed by atoms with E-state index in [-0.39, 0.29) is 28.1 Å². The van der Waals surface area contributed by atoms with E-state index in [1.54, 1.807) is 24.3 Å². The minimum atomic E-state index is -0.426. The Morgan fingerprint density at radius 2 is 1.60 bits per heavy atom. The molecule has 2 aliphatic rings. The van der Waals surface area contributed by atoms with Crippen molar-refractivity contribution >= 4 is 28.7 Å². The number of hydrogen-bond donors (Lipinski definition) is 1. The third kappa shape index (κ3) is 4.08. The fourth-order valence-corrected chi connectivity index (χ4v) is 4.35. The highest BCUT2D eigenvalue weighted by Gasteiger charge is 2.29. The number of nitrogens with one attached hydrogen (secondary N) is 1. The lowest BCUT2D eigenvalue weighted by Crippen LogP contribution is -2.38. The Kier molecular flexibility index (Phi) is 5.83. The summed E-state index contributed by atoms with van der Waals surface area (Å²) in [7, 11) is 0. The molecule has 2 heterocycles. The predicted octanol–water partition coefficient (Wildman–Crippen LogP) is 4.19. The van der Waals surface area contributed by atoms with Crippen molar-refractivity contribution in [1.29, 1.82) is 0 Å². The smallest absolute Gasteiger partial charge is 0.292 e. The van der Waals surface area contributed by atoms with Crippen molar-refractivity contribution in [2.75, 3.05) is 41.3 Å². The van der Waals surface area contributed by atoms with Crippen molar-refractivity contribution in [2.24, 2.45) is 5.92 Å². The van der Waals surface area contributed by atoms with Crippen LogP contribution in [0.3, 0.4) is 0 Å². The molecule has 0 atom stereocenters.